The molecular weight excluding hydrogens is 277 g/mol. The van der Waals surface area contributed by atoms with Crippen molar-refractivity contribution in [2.45, 2.75) is 6.18 Å². The number of alkyl halides is 3. The molecule has 0 aliphatic carbocycles. The average molecular weight is 290 g/mol. The third kappa shape index (κ3) is 4.67. The molecule has 110 valence electrons. The number of amides is 2. The number of halogens is 3. The maximum Gasteiger partial charge on any atom is 0.405 e. The summed E-state index contributed by atoms with van der Waals surface area (Å²) < 4.78 is 40.8. The van der Waals surface area contributed by atoms with Gasteiger partial charge in [-0.1, -0.05) is 0 Å². The molecule has 0 saturated carbocycles. The number of amidine groups is 1. The van der Waals surface area contributed by atoms with Crippen molar-refractivity contribution in [2.75, 3.05) is 19.0 Å². The number of hydrogen-bond donors (Lipinski definition) is 4. The summed E-state index contributed by atoms with van der Waals surface area (Å²) >= 11 is 0. The van der Waals surface area contributed by atoms with Gasteiger partial charge in [-0.05, 0) is 18.2 Å². The molecule has 1 rings (SSSR count). The summed E-state index contributed by atoms with van der Waals surface area (Å²) in [7, 11) is 1.32. The molecule has 0 radical (unpaired) electrons. The lowest BCUT2D eigenvalue weighted by Gasteiger charge is -2.13. The zero-order chi connectivity index (χ0) is 15.3. The third-order valence-electron chi connectivity index (χ3n) is 2.21. The summed E-state index contributed by atoms with van der Waals surface area (Å²) in [6.07, 6.45) is -4.49. The maximum absolute atomic E-state index is 11.9. The summed E-state index contributed by atoms with van der Waals surface area (Å²) in [5.74, 6) is -0.0174. The molecule has 5 N–H and O–H groups in total. The number of carbonyl (C=O) groups is 1. The Kier molecular flexibility index (Phi) is 4.78. The van der Waals surface area contributed by atoms with Crippen molar-refractivity contribution in [3.63, 3.8) is 0 Å². The smallest absolute Gasteiger partial charge is 0.405 e. The first kappa shape index (κ1) is 15.6. The molecule has 0 aliphatic heterocycles. The van der Waals surface area contributed by atoms with Crippen molar-refractivity contribution in [2.24, 2.45) is 5.73 Å². The van der Waals surface area contributed by atoms with Crippen LogP contribution in [-0.4, -0.2) is 31.7 Å². The maximum atomic E-state index is 11.9. The zero-order valence-electron chi connectivity index (χ0n) is 10.5. The molecule has 0 aromatic heterocycles. The molecule has 2 amide bonds. The van der Waals surface area contributed by atoms with Crippen LogP contribution in [-0.2, 0) is 0 Å². The van der Waals surface area contributed by atoms with Crippen molar-refractivity contribution in [1.82, 2.24) is 5.32 Å². The Morgan fingerprint density at radius 1 is 1.45 bits per heavy atom. The van der Waals surface area contributed by atoms with Gasteiger partial charge in [-0.2, -0.15) is 13.2 Å². The van der Waals surface area contributed by atoms with Gasteiger partial charge in [0.15, 0.2) is 0 Å². The second-order valence-electron chi connectivity index (χ2n) is 3.75. The highest BCUT2D eigenvalue weighted by Crippen LogP contribution is 2.25. The van der Waals surface area contributed by atoms with Gasteiger partial charge >= 0.3 is 12.2 Å². The number of nitrogens with two attached hydrogens (primary N) is 1. The molecule has 0 bridgehead atoms. The number of rotatable bonds is 4. The highest BCUT2D eigenvalue weighted by molar-refractivity contribution is 5.97. The third-order valence-corrected chi connectivity index (χ3v) is 2.21. The van der Waals surface area contributed by atoms with Gasteiger partial charge in [-0.3, -0.25) is 5.41 Å². The van der Waals surface area contributed by atoms with E-state index in [1.165, 1.54) is 25.3 Å². The SMILES string of the molecule is COc1cc(C(=N)N)ccc1NC(=O)NCC(F)(F)F. The van der Waals surface area contributed by atoms with Crippen LogP contribution in [0.5, 0.6) is 5.75 Å². The van der Waals surface area contributed by atoms with Crippen LogP contribution in [0.15, 0.2) is 18.2 Å². The number of ether oxygens (including phenoxy) is 1. The van der Waals surface area contributed by atoms with E-state index in [2.05, 4.69) is 5.32 Å². The molecule has 9 heteroatoms. The van der Waals surface area contributed by atoms with Crippen molar-refractivity contribution in [3.05, 3.63) is 23.8 Å². The van der Waals surface area contributed by atoms with Gasteiger partial charge in [0.2, 0.25) is 0 Å². The van der Waals surface area contributed by atoms with Crippen molar-refractivity contribution in [1.29, 1.82) is 5.41 Å². The van der Waals surface area contributed by atoms with Crippen molar-refractivity contribution < 1.29 is 22.7 Å². The first-order valence-electron chi connectivity index (χ1n) is 5.37. The van der Waals surface area contributed by atoms with Gasteiger partial charge in [-0.15, -0.1) is 0 Å². The minimum Gasteiger partial charge on any atom is -0.495 e. The first-order valence-corrected chi connectivity index (χ1v) is 5.37. The Bertz CT molecular complexity index is 517. The summed E-state index contributed by atoms with van der Waals surface area (Å²) in [5.41, 5.74) is 5.82. The normalized spacial score (nSPS) is 10.8. The largest absolute Gasteiger partial charge is 0.495 e. The van der Waals surface area contributed by atoms with Crippen molar-refractivity contribution >= 4 is 17.6 Å². The fraction of sp³-hybridized carbons (Fsp3) is 0.273. The van der Waals surface area contributed by atoms with E-state index in [-0.39, 0.29) is 17.3 Å². The molecule has 6 nitrogen and oxygen atoms in total. The van der Waals surface area contributed by atoms with E-state index in [1.54, 1.807) is 5.32 Å². The molecule has 0 fully saturated rings. The quantitative estimate of drug-likeness (QED) is 0.501. The molecule has 0 saturated heterocycles. The van der Waals surface area contributed by atoms with Crippen LogP contribution in [0.1, 0.15) is 5.56 Å². The topological polar surface area (TPSA) is 100 Å². The Hall–Kier alpha value is -2.45. The minimum absolute atomic E-state index is 0.164. The number of carbonyl (C=O) groups excluding carboxylic acids is 1. The van der Waals surface area contributed by atoms with Gasteiger partial charge < -0.3 is 21.1 Å². The molecule has 0 aliphatic rings. The first-order chi connectivity index (χ1) is 9.23. The number of methoxy groups -OCH3 is 1. The van der Waals surface area contributed by atoms with Gasteiger partial charge in [0.05, 0.1) is 12.8 Å². The Morgan fingerprint density at radius 3 is 2.60 bits per heavy atom. The van der Waals surface area contributed by atoms with Crippen LogP contribution in [0, 0.1) is 5.41 Å². The molecule has 0 atom stereocenters. The Morgan fingerprint density at radius 2 is 2.10 bits per heavy atom. The summed E-state index contributed by atoms with van der Waals surface area (Å²) in [6, 6.07) is 3.19. The van der Waals surface area contributed by atoms with Crippen LogP contribution in [0.3, 0.4) is 0 Å². The summed E-state index contributed by atoms with van der Waals surface area (Å²) in [6.45, 7) is -1.44. The predicted octanol–water partition coefficient (Wildman–Crippen LogP) is 1.66. The lowest BCUT2D eigenvalue weighted by Crippen LogP contribution is -2.36. The average Bonchev–Trinajstić information content (AvgIpc) is 2.35. The molecule has 20 heavy (non-hydrogen) atoms. The summed E-state index contributed by atoms with van der Waals surface area (Å²) in [5, 5.41) is 11.1. The molecule has 1 aromatic carbocycles. The van der Waals surface area contributed by atoms with E-state index in [0.717, 1.165) is 0 Å². The summed E-state index contributed by atoms with van der Waals surface area (Å²) in [4.78, 5) is 11.3. The number of nitrogens with one attached hydrogen (secondary N) is 3. The van der Waals surface area contributed by atoms with Crippen LogP contribution < -0.4 is 21.1 Å². The highest BCUT2D eigenvalue weighted by atomic mass is 19.4. The van der Waals surface area contributed by atoms with Gasteiger partial charge in [-0.25, -0.2) is 4.79 Å². The standard InChI is InChI=1S/C11H13F3N4O2/c1-20-8-4-6(9(15)16)2-3-7(8)18-10(19)17-5-11(12,13)14/h2-4H,5H2,1H3,(H3,15,16)(H2,17,18,19). The molecule has 0 unspecified atom stereocenters. The predicted molar refractivity (Wildman–Crippen MR) is 67.1 cm³/mol. The fourth-order valence-electron chi connectivity index (χ4n) is 1.31. The second-order valence-corrected chi connectivity index (χ2v) is 3.75. The lowest BCUT2D eigenvalue weighted by molar-refractivity contribution is -0.122. The monoisotopic (exact) mass is 290 g/mol. The zero-order valence-corrected chi connectivity index (χ0v) is 10.5. The van der Waals surface area contributed by atoms with Crippen molar-refractivity contribution in [3.8, 4) is 5.75 Å². The van der Waals surface area contributed by atoms with Crippen LogP contribution in [0.2, 0.25) is 0 Å². The number of benzene rings is 1. The Labute approximate surface area is 112 Å². The lowest BCUT2D eigenvalue weighted by atomic mass is 10.1. The van der Waals surface area contributed by atoms with E-state index in [4.69, 9.17) is 15.9 Å². The Balaban J connectivity index is 2.77. The molecule has 0 heterocycles. The molecule has 1 aromatic rings. The number of anilines is 1. The van der Waals surface area contributed by atoms with E-state index < -0.39 is 18.8 Å². The number of hydrogen-bond acceptors (Lipinski definition) is 3. The van der Waals surface area contributed by atoms with Crippen LogP contribution >= 0.6 is 0 Å². The van der Waals surface area contributed by atoms with Crippen LogP contribution in [0.4, 0.5) is 23.7 Å². The fourth-order valence-corrected chi connectivity index (χ4v) is 1.31. The second kappa shape index (κ2) is 6.13. The number of urea groups is 1. The highest BCUT2D eigenvalue weighted by Gasteiger charge is 2.27. The molecular formula is C11H13F3N4O2. The van der Waals surface area contributed by atoms with E-state index in [0.29, 0.717) is 5.56 Å². The molecule has 0 spiro atoms. The van der Waals surface area contributed by atoms with Gasteiger partial charge in [0, 0.05) is 5.56 Å². The van der Waals surface area contributed by atoms with E-state index >= 15 is 0 Å². The van der Waals surface area contributed by atoms with Crippen LogP contribution in [0.25, 0.3) is 0 Å². The minimum atomic E-state index is -4.49. The van der Waals surface area contributed by atoms with Gasteiger partial charge in [0.1, 0.15) is 18.1 Å². The number of nitrogen functional groups attached to an aromatic ring is 1. The van der Waals surface area contributed by atoms with Gasteiger partial charge in [0.25, 0.3) is 0 Å². The van der Waals surface area contributed by atoms with E-state index in [9.17, 15) is 18.0 Å². The van der Waals surface area contributed by atoms with E-state index in [1.807, 2.05) is 0 Å².